The minimum atomic E-state index is -4.53. The first-order valence-electron chi connectivity index (χ1n) is 23.8. The smallest absolute Gasteiger partial charge is 0.268 e. The number of allylic oxidation sites excluding steroid dienone is 1. The fraction of sp³-hybridized carbons (Fsp3) is 0.431. The molecule has 2 aromatic heterocycles. The number of anilines is 2. The topological polar surface area (TPSA) is 183 Å². The van der Waals surface area contributed by atoms with E-state index in [0.717, 1.165) is 119 Å². The number of rotatable bonds is 14. The van der Waals surface area contributed by atoms with Crippen LogP contribution in [0.3, 0.4) is 0 Å². The molecule has 1 amide bonds. The van der Waals surface area contributed by atoms with Crippen LogP contribution in [0, 0.1) is 16.5 Å². The molecule has 2 aliphatic carbocycles. The van der Waals surface area contributed by atoms with Crippen LogP contribution in [0.1, 0.15) is 81.6 Å². The molecule has 1 saturated carbocycles. The van der Waals surface area contributed by atoms with Crippen LogP contribution in [0.4, 0.5) is 17.1 Å². The van der Waals surface area contributed by atoms with Crippen LogP contribution in [-0.2, 0) is 10.0 Å². The highest BCUT2D eigenvalue weighted by molar-refractivity contribution is 7.90. The number of nitrogens with one attached hydrogen (secondary N) is 4. The molecule has 9 rings (SSSR count). The summed E-state index contributed by atoms with van der Waals surface area (Å²) in [7, 11) is -4.53. The van der Waals surface area contributed by atoms with E-state index in [9.17, 15) is 23.6 Å². The summed E-state index contributed by atoms with van der Waals surface area (Å²) in [5.74, 6) is -0.0494. The minimum Gasteiger partial charge on any atom is -0.595 e. The third-order valence-corrected chi connectivity index (χ3v) is 15.8. The maximum absolute atomic E-state index is 14.1. The molecule has 0 radical (unpaired) electrons. The molecule has 68 heavy (non-hydrogen) atoms. The molecule has 4 heterocycles. The van der Waals surface area contributed by atoms with Crippen LogP contribution < -0.4 is 24.9 Å². The van der Waals surface area contributed by atoms with Gasteiger partial charge in [-0.2, -0.15) is 5.23 Å². The fourth-order valence-corrected chi connectivity index (χ4v) is 11.4. The zero-order chi connectivity index (χ0) is 47.6. The van der Waals surface area contributed by atoms with Gasteiger partial charge < -0.3 is 25.1 Å². The van der Waals surface area contributed by atoms with Gasteiger partial charge in [-0.05, 0) is 123 Å². The number of aromatic amines is 1. The first-order valence-corrected chi connectivity index (χ1v) is 25.6. The third kappa shape index (κ3) is 11.2. The fourth-order valence-electron chi connectivity index (χ4n) is 10.3. The van der Waals surface area contributed by atoms with E-state index in [1.54, 1.807) is 36.7 Å². The zero-order valence-electron chi connectivity index (χ0n) is 39.1. The average molecular weight is 965 g/mol. The quantitative estimate of drug-likeness (QED) is 0.0679. The van der Waals surface area contributed by atoms with Crippen LogP contribution in [0.15, 0.2) is 101 Å². The molecular weight excluding hydrogens is 902 g/mol. The van der Waals surface area contributed by atoms with E-state index in [-0.39, 0.29) is 27.3 Å². The number of ether oxygens (including phenoxy) is 1. The molecule has 1 atom stereocenters. The summed E-state index contributed by atoms with van der Waals surface area (Å²) in [5.41, 5.74) is 7.14. The van der Waals surface area contributed by atoms with Crippen molar-refractivity contribution < 1.29 is 28.4 Å². The van der Waals surface area contributed by atoms with Gasteiger partial charge in [-0.25, -0.2) is 23.3 Å². The van der Waals surface area contributed by atoms with Crippen molar-refractivity contribution >= 4 is 66.9 Å². The van der Waals surface area contributed by atoms with Gasteiger partial charge in [0.05, 0.1) is 28.9 Å². The molecular formula is C51H62ClN9O6S. The Kier molecular flexibility index (Phi) is 14.3. The number of halogens is 1. The minimum absolute atomic E-state index is 0.0120. The highest BCUT2D eigenvalue weighted by Crippen LogP contribution is 2.43. The molecule has 5 N–H and O–H groups in total. The number of amides is 1. The van der Waals surface area contributed by atoms with E-state index in [2.05, 4.69) is 72.6 Å². The normalized spacial score (nSPS) is 21.1. The van der Waals surface area contributed by atoms with Crippen LogP contribution in [0.2, 0.25) is 5.02 Å². The average Bonchev–Trinajstić information content (AvgIpc) is 3.80. The highest BCUT2D eigenvalue weighted by atomic mass is 35.5. The lowest BCUT2D eigenvalue weighted by Crippen LogP contribution is -2.99. The molecule has 1 saturated heterocycles. The first kappa shape index (κ1) is 47.7. The van der Waals surface area contributed by atoms with Crippen LogP contribution >= 0.6 is 11.6 Å². The van der Waals surface area contributed by atoms with Gasteiger partial charge in [-0.1, -0.05) is 43.2 Å². The molecule has 0 bridgehead atoms. The number of hydrogen-bond donors (Lipinski definition) is 5. The van der Waals surface area contributed by atoms with Gasteiger partial charge in [0.1, 0.15) is 17.1 Å². The molecule has 360 valence electrons. The van der Waals surface area contributed by atoms with Crippen molar-refractivity contribution in [3.8, 4) is 11.5 Å². The van der Waals surface area contributed by atoms with Crippen LogP contribution in [0.25, 0.3) is 16.6 Å². The largest absolute Gasteiger partial charge is 0.595 e. The number of sulfonamides is 1. The Hall–Kier alpha value is -5.33. The van der Waals surface area contributed by atoms with Crippen LogP contribution in [-0.4, -0.2) is 110 Å². The standard InChI is InChI=1S/C51H62ClN9O6S/c1-34-32-60(21-20-53-34)40-10-4-35(5-11-40)30-55-46-15-13-43(28-47(46)61(63)64)68(65,66)57-50(62)44-14-12-41(27-48(44)67-42-26-37-17-19-54-49(37)56-31-42)59-24-22-58(23-25-59)33-38-16-18-51(2,3)29-45(38)36-6-8-39(52)9-7-36/h6-9,12-15,17,19,26-28,31,35,40,55,61,63H,4-5,10-11,16,18,20-25,29-30,32-33H2,1-3H3,(H,54,56)(H,57,62)/t35-,40+. The SMILES string of the molecule is CC1=NCCN([C@H]2CC[C@@H](CNc3ccc(S(=O)(=O)NC(=O)c4ccc(N5CCN(CC6=C(c7ccc(Cl)cc7)CC(C)(C)CC6)CC5)cc4Oc4cnc5[nH]ccc5c4)cc3[NH+]([O-])O)CC2)C1. The molecule has 0 spiro atoms. The number of aromatic nitrogens is 2. The second-order valence-corrected chi connectivity index (χ2v) is 21.8. The van der Waals surface area contributed by atoms with E-state index in [1.165, 1.54) is 34.6 Å². The summed E-state index contributed by atoms with van der Waals surface area (Å²) in [6.07, 6.45) is 10.7. The number of H-pyrrole nitrogens is 1. The van der Waals surface area contributed by atoms with Crippen molar-refractivity contribution in [3.05, 3.63) is 112 Å². The summed E-state index contributed by atoms with van der Waals surface area (Å²) < 4.78 is 36.3. The Morgan fingerprint density at radius 1 is 1.00 bits per heavy atom. The maximum atomic E-state index is 14.1. The van der Waals surface area contributed by atoms with Crippen molar-refractivity contribution in [2.45, 2.75) is 76.7 Å². The molecule has 2 fully saturated rings. The van der Waals surface area contributed by atoms with Gasteiger partial charge in [0.25, 0.3) is 15.9 Å². The monoisotopic (exact) mass is 963 g/mol. The number of hydrogen-bond acceptors (Lipinski definition) is 12. The first-order chi connectivity index (χ1) is 32.7. The van der Waals surface area contributed by atoms with Gasteiger partial charge in [0, 0.05) is 98.5 Å². The lowest BCUT2D eigenvalue weighted by atomic mass is 9.72. The number of carbonyl (C=O) groups is 1. The van der Waals surface area contributed by atoms with E-state index in [1.807, 2.05) is 18.2 Å². The summed E-state index contributed by atoms with van der Waals surface area (Å²) in [5, 5.41) is 26.3. The summed E-state index contributed by atoms with van der Waals surface area (Å²) in [6.45, 7) is 14.1. The lowest BCUT2D eigenvalue weighted by molar-refractivity contribution is -0.990. The number of benzene rings is 3. The molecule has 1 unspecified atom stereocenters. The number of nitrogens with zero attached hydrogens (tertiary/aromatic N) is 5. The molecule has 17 heteroatoms. The predicted molar refractivity (Wildman–Crippen MR) is 268 cm³/mol. The lowest BCUT2D eigenvalue weighted by Gasteiger charge is -2.39. The van der Waals surface area contributed by atoms with E-state index < -0.39 is 21.2 Å². The Labute approximate surface area is 403 Å². The van der Waals surface area contributed by atoms with E-state index in [0.29, 0.717) is 35.6 Å². The Bertz CT molecular complexity index is 2800. The Balaban J connectivity index is 0.885. The number of pyridine rings is 1. The van der Waals surface area contributed by atoms with Crippen molar-refractivity contribution in [3.63, 3.8) is 0 Å². The van der Waals surface area contributed by atoms with Crippen molar-refractivity contribution in [2.75, 3.05) is 69.1 Å². The number of aliphatic imine (C=N–C) groups is 1. The predicted octanol–water partition coefficient (Wildman–Crippen LogP) is 8.06. The Morgan fingerprint density at radius 2 is 1.78 bits per heavy atom. The molecule has 5 aromatic rings. The van der Waals surface area contributed by atoms with Gasteiger partial charge in [0.2, 0.25) is 0 Å². The molecule has 3 aromatic carbocycles. The Morgan fingerprint density at radius 3 is 2.53 bits per heavy atom. The maximum Gasteiger partial charge on any atom is 0.268 e. The molecule has 2 aliphatic heterocycles. The van der Waals surface area contributed by atoms with Gasteiger partial charge in [-0.3, -0.25) is 19.6 Å². The number of quaternary nitrogens is 1. The van der Waals surface area contributed by atoms with Crippen molar-refractivity contribution in [1.29, 1.82) is 0 Å². The summed E-state index contributed by atoms with van der Waals surface area (Å²) >= 11 is 6.26. The van der Waals surface area contributed by atoms with Crippen molar-refractivity contribution in [1.82, 2.24) is 24.5 Å². The van der Waals surface area contributed by atoms with Crippen molar-refractivity contribution in [2.24, 2.45) is 16.3 Å². The molecule has 4 aliphatic rings. The van der Waals surface area contributed by atoms with Gasteiger partial charge >= 0.3 is 0 Å². The van der Waals surface area contributed by atoms with E-state index >= 15 is 0 Å². The summed E-state index contributed by atoms with van der Waals surface area (Å²) in [4.78, 5) is 33.0. The highest BCUT2D eigenvalue weighted by Gasteiger charge is 2.31. The van der Waals surface area contributed by atoms with Gasteiger partial charge in [0.15, 0.2) is 5.69 Å². The number of fused-ring (bicyclic) bond motifs is 1. The zero-order valence-corrected chi connectivity index (χ0v) is 40.6. The second-order valence-electron chi connectivity index (χ2n) is 19.7. The van der Waals surface area contributed by atoms with Crippen LogP contribution in [0.5, 0.6) is 11.5 Å². The number of piperazine rings is 1. The third-order valence-electron chi connectivity index (χ3n) is 14.2. The summed E-state index contributed by atoms with van der Waals surface area (Å²) in [6, 6.07) is 21.4. The second kappa shape index (κ2) is 20.3. The van der Waals surface area contributed by atoms with E-state index in [4.69, 9.17) is 16.3 Å². The molecule has 15 nitrogen and oxygen atoms in total. The van der Waals surface area contributed by atoms with Gasteiger partial charge in [-0.15, -0.1) is 0 Å². The number of carbonyl (C=O) groups excluding carboxylic acids is 1.